The van der Waals surface area contributed by atoms with Crippen molar-refractivity contribution in [3.8, 4) is 6.07 Å². The first-order valence-electron chi connectivity index (χ1n) is 6.13. The van der Waals surface area contributed by atoms with Crippen LogP contribution in [-0.4, -0.2) is 53.6 Å². The SMILES string of the molecule is CN(CCC#N)C(=O)N1CCC(CC(=O)O)CC1. The first kappa shape index (κ1) is 14.3. The molecule has 0 aromatic rings. The van der Waals surface area contributed by atoms with E-state index >= 15 is 0 Å². The Bertz CT molecular complexity index is 343. The summed E-state index contributed by atoms with van der Waals surface area (Å²) in [6, 6.07) is 1.94. The molecule has 0 aliphatic carbocycles. The molecule has 0 atom stereocenters. The van der Waals surface area contributed by atoms with Crippen molar-refractivity contribution in [2.45, 2.75) is 25.7 Å². The van der Waals surface area contributed by atoms with Crippen molar-refractivity contribution in [3.05, 3.63) is 0 Å². The molecule has 1 saturated heterocycles. The van der Waals surface area contributed by atoms with Crippen LogP contribution < -0.4 is 0 Å². The molecule has 0 bridgehead atoms. The number of hydrogen-bond donors (Lipinski definition) is 1. The highest BCUT2D eigenvalue weighted by Gasteiger charge is 2.25. The van der Waals surface area contributed by atoms with E-state index in [-0.39, 0.29) is 18.4 Å². The standard InChI is InChI=1S/C12H19N3O3/c1-14(6-2-5-13)12(18)15-7-3-10(4-8-15)9-11(16)17/h10H,2-4,6-9H2,1H3,(H,16,17). The van der Waals surface area contributed by atoms with Gasteiger partial charge in [-0.2, -0.15) is 5.26 Å². The largest absolute Gasteiger partial charge is 0.481 e. The molecule has 0 saturated carbocycles. The molecule has 2 amide bonds. The topological polar surface area (TPSA) is 84.6 Å². The van der Waals surface area contributed by atoms with Gasteiger partial charge in [0.2, 0.25) is 0 Å². The number of carboxylic acids is 1. The molecular formula is C12H19N3O3. The van der Waals surface area contributed by atoms with Crippen LogP contribution in [0.2, 0.25) is 0 Å². The first-order chi connectivity index (χ1) is 8.54. The molecule has 18 heavy (non-hydrogen) atoms. The van der Waals surface area contributed by atoms with Gasteiger partial charge in [0.05, 0.1) is 12.5 Å². The summed E-state index contributed by atoms with van der Waals surface area (Å²) >= 11 is 0. The number of hydrogen-bond acceptors (Lipinski definition) is 3. The van der Waals surface area contributed by atoms with Crippen LogP contribution in [0.4, 0.5) is 4.79 Å². The Morgan fingerprint density at radius 2 is 2.06 bits per heavy atom. The Hall–Kier alpha value is -1.77. The zero-order valence-electron chi connectivity index (χ0n) is 10.6. The molecule has 0 aromatic carbocycles. The summed E-state index contributed by atoms with van der Waals surface area (Å²) in [6.07, 6.45) is 2.00. The zero-order chi connectivity index (χ0) is 13.5. The molecule has 6 nitrogen and oxygen atoms in total. The predicted molar refractivity (Wildman–Crippen MR) is 64.8 cm³/mol. The number of nitriles is 1. The van der Waals surface area contributed by atoms with Gasteiger partial charge in [0.15, 0.2) is 0 Å². The Morgan fingerprint density at radius 1 is 1.44 bits per heavy atom. The molecule has 1 rings (SSSR count). The Labute approximate surface area is 107 Å². The van der Waals surface area contributed by atoms with Gasteiger partial charge >= 0.3 is 12.0 Å². The lowest BCUT2D eigenvalue weighted by atomic mass is 9.94. The van der Waals surface area contributed by atoms with Crippen LogP contribution in [0.15, 0.2) is 0 Å². The van der Waals surface area contributed by atoms with Gasteiger partial charge in [-0.3, -0.25) is 4.79 Å². The smallest absolute Gasteiger partial charge is 0.319 e. The van der Waals surface area contributed by atoms with Gasteiger partial charge in [0, 0.05) is 33.1 Å². The number of amides is 2. The van der Waals surface area contributed by atoms with E-state index in [9.17, 15) is 9.59 Å². The molecule has 0 unspecified atom stereocenters. The van der Waals surface area contributed by atoms with Gasteiger partial charge in [0.25, 0.3) is 0 Å². The molecule has 1 N–H and O–H groups in total. The maximum Gasteiger partial charge on any atom is 0.319 e. The average Bonchev–Trinajstić information content (AvgIpc) is 2.35. The number of aliphatic carboxylic acids is 1. The summed E-state index contributed by atoms with van der Waals surface area (Å²) in [4.78, 5) is 25.8. The first-order valence-corrected chi connectivity index (χ1v) is 6.13. The number of carboxylic acid groups (broad SMARTS) is 1. The molecule has 1 aliphatic rings. The van der Waals surface area contributed by atoms with E-state index in [1.54, 1.807) is 16.8 Å². The van der Waals surface area contributed by atoms with Crippen molar-refractivity contribution in [1.82, 2.24) is 9.80 Å². The van der Waals surface area contributed by atoms with Crippen molar-refractivity contribution in [2.24, 2.45) is 5.92 Å². The van der Waals surface area contributed by atoms with Crippen LogP contribution in [0.3, 0.4) is 0 Å². The number of carbonyl (C=O) groups excluding carboxylic acids is 1. The molecule has 1 aliphatic heterocycles. The second kappa shape index (κ2) is 6.84. The van der Waals surface area contributed by atoms with Crippen LogP contribution in [0.1, 0.15) is 25.7 Å². The number of rotatable bonds is 4. The summed E-state index contributed by atoms with van der Waals surface area (Å²) in [7, 11) is 1.68. The van der Waals surface area contributed by atoms with E-state index in [1.165, 1.54) is 0 Å². The third-order valence-corrected chi connectivity index (χ3v) is 3.23. The second-order valence-electron chi connectivity index (χ2n) is 4.64. The molecule has 1 heterocycles. The summed E-state index contributed by atoms with van der Waals surface area (Å²) in [5.41, 5.74) is 0. The summed E-state index contributed by atoms with van der Waals surface area (Å²) < 4.78 is 0. The minimum atomic E-state index is -0.772. The summed E-state index contributed by atoms with van der Waals surface area (Å²) in [5, 5.41) is 17.2. The number of piperidine rings is 1. The quantitative estimate of drug-likeness (QED) is 0.814. The molecule has 6 heteroatoms. The number of likely N-dealkylation sites (tertiary alicyclic amines) is 1. The number of urea groups is 1. The van der Waals surface area contributed by atoms with Crippen LogP contribution in [0.5, 0.6) is 0 Å². The van der Waals surface area contributed by atoms with E-state index in [4.69, 9.17) is 10.4 Å². The minimum Gasteiger partial charge on any atom is -0.481 e. The van der Waals surface area contributed by atoms with Crippen LogP contribution >= 0.6 is 0 Å². The zero-order valence-corrected chi connectivity index (χ0v) is 10.6. The van der Waals surface area contributed by atoms with Gasteiger partial charge < -0.3 is 14.9 Å². The molecule has 100 valence electrons. The highest BCUT2D eigenvalue weighted by Crippen LogP contribution is 2.21. The van der Waals surface area contributed by atoms with Crippen molar-refractivity contribution in [1.29, 1.82) is 5.26 Å². The Kier molecular flexibility index (Phi) is 5.43. The lowest BCUT2D eigenvalue weighted by Crippen LogP contribution is -2.45. The van der Waals surface area contributed by atoms with Crippen molar-refractivity contribution in [3.63, 3.8) is 0 Å². The number of carbonyl (C=O) groups is 2. The lowest BCUT2D eigenvalue weighted by molar-refractivity contribution is -0.138. The highest BCUT2D eigenvalue weighted by molar-refractivity contribution is 5.74. The van der Waals surface area contributed by atoms with Gasteiger partial charge in [-0.25, -0.2) is 4.79 Å². The summed E-state index contributed by atoms with van der Waals surface area (Å²) in [6.45, 7) is 1.64. The monoisotopic (exact) mass is 253 g/mol. The molecule has 0 radical (unpaired) electrons. The Balaban J connectivity index is 2.36. The van der Waals surface area contributed by atoms with Gasteiger partial charge in [-0.05, 0) is 18.8 Å². The van der Waals surface area contributed by atoms with Crippen LogP contribution in [0.25, 0.3) is 0 Å². The highest BCUT2D eigenvalue weighted by atomic mass is 16.4. The van der Waals surface area contributed by atoms with E-state index < -0.39 is 5.97 Å². The molecule has 0 aromatic heterocycles. The van der Waals surface area contributed by atoms with Crippen molar-refractivity contribution < 1.29 is 14.7 Å². The van der Waals surface area contributed by atoms with Crippen molar-refractivity contribution >= 4 is 12.0 Å². The fourth-order valence-corrected chi connectivity index (χ4v) is 2.13. The third kappa shape index (κ3) is 4.24. The average molecular weight is 253 g/mol. The van der Waals surface area contributed by atoms with Gasteiger partial charge in [0.1, 0.15) is 0 Å². The maximum absolute atomic E-state index is 12.0. The molecule has 0 spiro atoms. The molecular weight excluding hydrogens is 234 g/mol. The van der Waals surface area contributed by atoms with E-state index in [0.29, 0.717) is 26.1 Å². The third-order valence-electron chi connectivity index (χ3n) is 3.23. The van der Waals surface area contributed by atoms with Crippen LogP contribution in [-0.2, 0) is 4.79 Å². The summed E-state index contributed by atoms with van der Waals surface area (Å²) in [5.74, 6) is -0.595. The second-order valence-corrected chi connectivity index (χ2v) is 4.64. The van der Waals surface area contributed by atoms with E-state index in [1.807, 2.05) is 6.07 Å². The van der Waals surface area contributed by atoms with E-state index in [2.05, 4.69) is 0 Å². The van der Waals surface area contributed by atoms with Gasteiger partial charge in [-0.15, -0.1) is 0 Å². The fraction of sp³-hybridized carbons (Fsp3) is 0.750. The minimum absolute atomic E-state index is 0.0703. The fourth-order valence-electron chi connectivity index (χ4n) is 2.13. The molecule has 1 fully saturated rings. The Morgan fingerprint density at radius 3 is 2.56 bits per heavy atom. The normalized spacial score (nSPS) is 16.1. The van der Waals surface area contributed by atoms with Gasteiger partial charge in [-0.1, -0.05) is 0 Å². The van der Waals surface area contributed by atoms with Crippen LogP contribution in [0, 0.1) is 17.2 Å². The van der Waals surface area contributed by atoms with E-state index in [0.717, 1.165) is 12.8 Å². The van der Waals surface area contributed by atoms with Crippen molar-refractivity contribution in [2.75, 3.05) is 26.7 Å². The maximum atomic E-state index is 12.0. The lowest BCUT2D eigenvalue weighted by Gasteiger charge is -2.34. The number of nitrogens with zero attached hydrogens (tertiary/aromatic N) is 3. The predicted octanol–water partition coefficient (Wildman–Crippen LogP) is 1.14.